The predicted octanol–water partition coefficient (Wildman–Crippen LogP) is 2.41. The Morgan fingerprint density at radius 2 is 2.33 bits per heavy atom. The van der Waals surface area contributed by atoms with Gasteiger partial charge in [0.1, 0.15) is 5.02 Å². The van der Waals surface area contributed by atoms with Crippen LogP contribution in [0, 0.1) is 5.92 Å². The van der Waals surface area contributed by atoms with Gasteiger partial charge in [0, 0.05) is 18.7 Å². The minimum atomic E-state index is -0.311. The van der Waals surface area contributed by atoms with Crippen LogP contribution in [0.4, 0.5) is 0 Å². The number of aliphatic hydroxyl groups is 1. The van der Waals surface area contributed by atoms with Gasteiger partial charge in [0.05, 0.1) is 17.8 Å². The lowest BCUT2D eigenvalue weighted by Crippen LogP contribution is -2.32. The van der Waals surface area contributed by atoms with E-state index in [1.807, 2.05) is 13.8 Å². The van der Waals surface area contributed by atoms with Crippen molar-refractivity contribution >= 4 is 17.5 Å². The summed E-state index contributed by atoms with van der Waals surface area (Å²) >= 11 is 6.06. The van der Waals surface area contributed by atoms with Crippen LogP contribution >= 0.6 is 11.6 Å². The number of nitrogens with one attached hydrogen (secondary N) is 1. The zero-order chi connectivity index (χ0) is 15.4. The lowest BCUT2D eigenvalue weighted by Gasteiger charge is -2.15. The Balaban J connectivity index is 1.94. The number of aliphatic hydroxyl groups excluding tert-OH is 1. The average Bonchev–Trinajstić information content (AvgIpc) is 2.83. The molecule has 116 valence electrons. The molecule has 1 fully saturated rings. The first-order valence-corrected chi connectivity index (χ1v) is 7.63. The molecule has 21 heavy (non-hydrogen) atoms. The molecule has 0 bridgehead atoms. The Bertz CT molecular complexity index is 508. The monoisotopic (exact) mass is 312 g/mol. The van der Waals surface area contributed by atoms with Crippen molar-refractivity contribution in [2.24, 2.45) is 5.92 Å². The second-order valence-electron chi connectivity index (χ2n) is 5.65. The Morgan fingerprint density at radius 3 is 2.90 bits per heavy atom. The summed E-state index contributed by atoms with van der Waals surface area (Å²) in [5.74, 6) is 0.231. The molecule has 0 aliphatic heterocycles. The van der Waals surface area contributed by atoms with Gasteiger partial charge in [-0.3, -0.25) is 4.79 Å². The first kappa shape index (κ1) is 16.0. The van der Waals surface area contributed by atoms with Crippen LogP contribution in [0.5, 0.6) is 5.88 Å². The molecule has 2 unspecified atom stereocenters. The Labute approximate surface area is 129 Å². The van der Waals surface area contributed by atoms with Crippen LogP contribution in [-0.4, -0.2) is 34.8 Å². The van der Waals surface area contributed by atoms with Crippen molar-refractivity contribution in [3.63, 3.8) is 0 Å². The molecule has 0 saturated heterocycles. The van der Waals surface area contributed by atoms with Gasteiger partial charge in [-0.25, -0.2) is 4.98 Å². The molecule has 5 nitrogen and oxygen atoms in total. The van der Waals surface area contributed by atoms with Crippen molar-refractivity contribution in [1.82, 2.24) is 10.3 Å². The van der Waals surface area contributed by atoms with Gasteiger partial charge in [0.15, 0.2) is 0 Å². The summed E-state index contributed by atoms with van der Waals surface area (Å²) in [6.45, 7) is 4.24. The number of rotatable bonds is 5. The number of pyridine rings is 1. The number of aromatic nitrogens is 1. The fourth-order valence-corrected chi connectivity index (χ4v) is 2.65. The van der Waals surface area contributed by atoms with Gasteiger partial charge in [-0.1, -0.05) is 18.0 Å². The van der Waals surface area contributed by atoms with E-state index in [4.69, 9.17) is 16.3 Å². The summed E-state index contributed by atoms with van der Waals surface area (Å²) < 4.78 is 5.43. The second kappa shape index (κ2) is 7.09. The fraction of sp³-hybridized carbons (Fsp3) is 0.600. The van der Waals surface area contributed by atoms with Crippen LogP contribution in [0.2, 0.25) is 5.02 Å². The third-order valence-corrected chi connectivity index (χ3v) is 3.83. The molecule has 1 amide bonds. The highest BCUT2D eigenvalue weighted by Crippen LogP contribution is 2.25. The highest BCUT2D eigenvalue weighted by Gasteiger charge is 2.25. The highest BCUT2D eigenvalue weighted by molar-refractivity contribution is 6.32. The number of hydrogen-bond acceptors (Lipinski definition) is 4. The van der Waals surface area contributed by atoms with E-state index < -0.39 is 0 Å². The topological polar surface area (TPSA) is 71.5 Å². The molecule has 2 atom stereocenters. The van der Waals surface area contributed by atoms with Crippen molar-refractivity contribution in [1.29, 1.82) is 0 Å². The van der Waals surface area contributed by atoms with E-state index in [-0.39, 0.29) is 24.0 Å². The minimum absolute atomic E-state index is 0.0291. The van der Waals surface area contributed by atoms with Crippen molar-refractivity contribution in [2.75, 3.05) is 6.54 Å². The van der Waals surface area contributed by atoms with E-state index in [1.54, 1.807) is 6.07 Å². The van der Waals surface area contributed by atoms with Gasteiger partial charge < -0.3 is 15.2 Å². The second-order valence-corrected chi connectivity index (χ2v) is 6.05. The molecule has 1 aromatic rings. The van der Waals surface area contributed by atoms with Crippen LogP contribution < -0.4 is 10.1 Å². The molecule has 2 rings (SSSR count). The van der Waals surface area contributed by atoms with Gasteiger partial charge in [0.25, 0.3) is 5.91 Å². The molecule has 6 heteroatoms. The van der Waals surface area contributed by atoms with Crippen molar-refractivity contribution < 1.29 is 14.6 Å². The Morgan fingerprint density at radius 1 is 1.57 bits per heavy atom. The maximum absolute atomic E-state index is 12.1. The number of ether oxygens (including phenoxy) is 1. The average molecular weight is 313 g/mol. The van der Waals surface area contributed by atoms with E-state index >= 15 is 0 Å². The summed E-state index contributed by atoms with van der Waals surface area (Å²) in [6, 6.07) is 1.55. The first-order valence-electron chi connectivity index (χ1n) is 7.26. The maximum Gasteiger partial charge on any atom is 0.252 e. The normalized spacial score (nSPS) is 21.6. The number of amides is 1. The predicted molar refractivity (Wildman–Crippen MR) is 80.7 cm³/mol. The first-order chi connectivity index (χ1) is 9.97. The van der Waals surface area contributed by atoms with Crippen LogP contribution in [0.25, 0.3) is 0 Å². The molecule has 0 radical (unpaired) electrons. The summed E-state index contributed by atoms with van der Waals surface area (Å²) in [6.07, 6.45) is 3.88. The zero-order valence-electron chi connectivity index (χ0n) is 12.3. The SMILES string of the molecule is CC(C)Oc1ncc(C(=O)NCC2CCCC2O)cc1Cl. The van der Waals surface area contributed by atoms with Crippen molar-refractivity contribution in [3.8, 4) is 5.88 Å². The van der Waals surface area contributed by atoms with Gasteiger partial charge in [-0.05, 0) is 32.8 Å². The number of carbonyl (C=O) groups excluding carboxylic acids is 1. The van der Waals surface area contributed by atoms with Gasteiger partial charge in [0.2, 0.25) is 5.88 Å². The highest BCUT2D eigenvalue weighted by atomic mass is 35.5. The number of carbonyl (C=O) groups is 1. The molecule has 1 heterocycles. The smallest absolute Gasteiger partial charge is 0.252 e. The van der Waals surface area contributed by atoms with E-state index in [0.717, 1.165) is 19.3 Å². The zero-order valence-corrected chi connectivity index (χ0v) is 13.1. The Hall–Kier alpha value is -1.33. The fourth-order valence-electron chi connectivity index (χ4n) is 2.44. The molecule has 0 aromatic carbocycles. The van der Waals surface area contributed by atoms with E-state index in [2.05, 4.69) is 10.3 Å². The van der Waals surface area contributed by atoms with E-state index in [9.17, 15) is 9.90 Å². The molecule has 1 aromatic heterocycles. The minimum Gasteiger partial charge on any atom is -0.474 e. The number of nitrogens with zero attached hydrogens (tertiary/aromatic N) is 1. The molecule has 0 spiro atoms. The molecular weight excluding hydrogens is 292 g/mol. The summed E-state index contributed by atoms with van der Waals surface area (Å²) in [4.78, 5) is 16.1. The quantitative estimate of drug-likeness (QED) is 0.876. The standard InChI is InChI=1S/C15H21ClN2O3/c1-9(2)21-15-12(16)6-11(8-18-15)14(20)17-7-10-4-3-5-13(10)19/h6,8-10,13,19H,3-5,7H2,1-2H3,(H,17,20). The van der Waals surface area contributed by atoms with Gasteiger partial charge in [-0.15, -0.1) is 0 Å². The summed E-state index contributed by atoms with van der Waals surface area (Å²) in [5, 5.41) is 12.9. The van der Waals surface area contributed by atoms with E-state index in [0.29, 0.717) is 23.0 Å². The van der Waals surface area contributed by atoms with Crippen LogP contribution in [-0.2, 0) is 0 Å². The van der Waals surface area contributed by atoms with Crippen molar-refractivity contribution in [2.45, 2.75) is 45.3 Å². The molecule has 1 aliphatic carbocycles. The molecule has 1 aliphatic rings. The van der Waals surface area contributed by atoms with Crippen LogP contribution in [0.3, 0.4) is 0 Å². The van der Waals surface area contributed by atoms with Gasteiger partial charge in [-0.2, -0.15) is 0 Å². The third kappa shape index (κ3) is 4.32. The number of hydrogen-bond donors (Lipinski definition) is 2. The van der Waals surface area contributed by atoms with E-state index in [1.165, 1.54) is 6.20 Å². The number of halogens is 1. The molecule has 1 saturated carbocycles. The largest absolute Gasteiger partial charge is 0.474 e. The van der Waals surface area contributed by atoms with Crippen LogP contribution in [0.1, 0.15) is 43.5 Å². The van der Waals surface area contributed by atoms with Crippen molar-refractivity contribution in [3.05, 3.63) is 22.8 Å². The molecular formula is C15H21ClN2O3. The lowest BCUT2D eigenvalue weighted by atomic mass is 10.1. The van der Waals surface area contributed by atoms with Crippen LogP contribution in [0.15, 0.2) is 12.3 Å². The Kier molecular flexibility index (Phi) is 5.42. The summed E-state index contributed by atoms with van der Waals surface area (Å²) in [5.41, 5.74) is 0.392. The summed E-state index contributed by atoms with van der Waals surface area (Å²) in [7, 11) is 0. The third-order valence-electron chi connectivity index (χ3n) is 3.56. The molecule has 2 N–H and O–H groups in total. The maximum atomic E-state index is 12.1. The van der Waals surface area contributed by atoms with Gasteiger partial charge >= 0.3 is 0 Å². The lowest BCUT2D eigenvalue weighted by molar-refractivity contribution is 0.0916.